The Morgan fingerprint density at radius 1 is 1.27 bits per heavy atom. The van der Waals surface area contributed by atoms with Crippen molar-refractivity contribution in [3.63, 3.8) is 0 Å². The number of halogens is 2. The van der Waals surface area contributed by atoms with Gasteiger partial charge in [-0.05, 0) is 38.3 Å². The molecule has 2 aromatic heterocycles. The van der Waals surface area contributed by atoms with Crippen molar-refractivity contribution in [2.75, 3.05) is 25.6 Å². The van der Waals surface area contributed by atoms with Crippen molar-refractivity contribution in [3.05, 3.63) is 36.7 Å². The van der Waals surface area contributed by atoms with Gasteiger partial charge in [-0.25, -0.2) is 18.3 Å². The fourth-order valence-corrected chi connectivity index (χ4v) is 5.77. The van der Waals surface area contributed by atoms with Crippen LogP contribution in [0.25, 0.3) is 11.2 Å². The van der Waals surface area contributed by atoms with E-state index in [9.17, 15) is 14.5 Å². The summed E-state index contributed by atoms with van der Waals surface area (Å²) in [7, 11) is -4.60. The number of aromatic nitrogens is 4. The summed E-state index contributed by atoms with van der Waals surface area (Å²) in [5.74, 6) is -4.19. The van der Waals surface area contributed by atoms with Crippen molar-refractivity contribution in [3.8, 4) is 11.6 Å². The number of para-hydroxylation sites is 1. The summed E-state index contributed by atoms with van der Waals surface area (Å²) >= 11 is 0. The molecule has 0 spiro atoms. The molecule has 3 aromatic rings. The number of aliphatic hydroxyl groups is 1. The maximum atomic E-state index is 16.3. The zero-order valence-electron chi connectivity index (χ0n) is 25.2. The molecule has 1 saturated heterocycles. The molecule has 1 aliphatic heterocycles. The Balaban J connectivity index is 1.59. The number of carbonyl (C=O) groups excluding carboxylic acids is 1. The van der Waals surface area contributed by atoms with E-state index in [0.29, 0.717) is 0 Å². The number of carbonyl (C=O) groups is 1. The van der Waals surface area contributed by atoms with Gasteiger partial charge in [0.05, 0.1) is 19.5 Å². The fourth-order valence-electron chi connectivity index (χ4n) is 4.26. The van der Waals surface area contributed by atoms with Gasteiger partial charge in [-0.2, -0.15) is 15.1 Å². The van der Waals surface area contributed by atoms with E-state index in [4.69, 9.17) is 29.0 Å². The van der Waals surface area contributed by atoms with Crippen molar-refractivity contribution in [1.82, 2.24) is 24.6 Å². The van der Waals surface area contributed by atoms with E-state index in [2.05, 4.69) is 20.0 Å². The second-order valence-corrected chi connectivity index (χ2v) is 13.3. The lowest BCUT2D eigenvalue weighted by Gasteiger charge is -2.28. The Morgan fingerprint density at radius 3 is 2.59 bits per heavy atom. The van der Waals surface area contributed by atoms with Crippen LogP contribution in [0.15, 0.2) is 36.7 Å². The number of benzene rings is 1. The smallest absolute Gasteiger partial charge is 0.459 e. The van der Waals surface area contributed by atoms with Gasteiger partial charge < -0.3 is 29.6 Å². The molecule has 44 heavy (non-hydrogen) atoms. The highest BCUT2D eigenvalue weighted by Crippen LogP contribution is 2.52. The lowest BCUT2D eigenvalue weighted by molar-refractivity contribution is -0.202. The van der Waals surface area contributed by atoms with Gasteiger partial charge in [0.25, 0.3) is 5.85 Å². The standard InChI is InChI=1S/C27H37F2N6O8P/c1-7-39-20-18-19(32-24(30)33-20)35(15-31-18)23-26(6,28)22(37)27(29,42-23)14-41-44(38,43-17-11-9-8-10-12-17)34-16(2)21(36)40-13-25(3,4)5/h8-12,15-16,22-23,37H,7,13-14H2,1-6H3,(H,34,38)(H2,30,32,33). The van der Waals surface area contributed by atoms with Crippen LogP contribution in [0.3, 0.4) is 0 Å². The van der Waals surface area contributed by atoms with E-state index < -0.39 is 50.2 Å². The number of fused-ring (bicyclic) bond motifs is 1. The summed E-state index contributed by atoms with van der Waals surface area (Å²) in [6.07, 6.45) is -3.19. The summed E-state index contributed by atoms with van der Waals surface area (Å²) in [6.45, 7) is 8.55. The van der Waals surface area contributed by atoms with Crippen molar-refractivity contribution >= 4 is 30.8 Å². The first-order valence-corrected chi connectivity index (χ1v) is 15.3. The predicted octanol–water partition coefficient (Wildman–Crippen LogP) is 3.86. The normalized spacial score (nSPS) is 25.8. The molecular formula is C27H37F2N6O8P. The van der Waals surface area contributed by atoms with E-state index in [0.717, 1.165) is 17.8 Å². The maximum Gasteiger partial charge on any atom is 0.459 e. The summed E-state index contributed by atoms with van der Waals surface area (Å²) in [5.41, 5.74) is 2.70. The van der Waals surface area contributed by atoms with Crippen molar-refractivity contribution in [2.45, 2.75) is 71.4 Å². The fraction of sp³-hybridized carbons (Fsp3) is 0.556. The van der Waals surface area contributed by atoms with Crippen molar-refractivity contribution in [1.29, 1.82) is 0 Å². The van der Waals surface area contributed by atoms with E-state index in [-0.39, 0.29) is 47.4 Å². The maximum absolute atomic E-state index is 16.3. The Labute approximate surface area is 252 Å². The number of alkyl halides is 2. The molecule has 1 fully saturated rings. The van der Waals surface area contributed by atoms with Crippen LogP contribution >= 0.6 is 7.75 Å². The molecule has 17 heteroatoms. The average Bonchev–Trinajstić information content (AvgIpc) is 3.43. The molecule has 0 radical (unpaired) electrons. The number of anilines is 1. The molecule has 4 rings (SSSR count). The number of rotatable bonds is 12. The highest BCUT2D eigenvalue weighted by molar-refractivity contribution is 7.52. The third-order valence-electron chi connectivity index (χ3n) is 6.43. The Hall–Kier alpha value is -3.43. The Morgan fingerprint density at radius 2 is 1.95 bits per heavy atom. The van der Waals surface area contributed by atoms with E-state index >= 15 is 8.78 Å². The third-order valence-corrected chi connectivity index (χ3v) is 8.05. The molecule has 0 saturated carbocycles. The van der Waals surface area contributed by atoms with Gasteiger partial charge in [-0.15, -0.1) is 0 Å². The lowest BCUT2D eigenvalue weighted by Crippen LogP contribution is -2.47. The monoisotopic (exact) mass is 642 g/mol. The molecule has 1 aromatic carbocycles. The first kappa shape index (κ1) is 33.5. The number of nitrogens with two attached hydrogens (primary N) is 1. The molecule has 3 heterocycles. The van der Waals surface area contributed by atoms with Crippen LogP contribution in [0.1, 0.15) is 47.8 Å². The molecule has 0 aliphatic carbocycles. The molecule has 0 amide bonds. The summed E-state index contributed by atoms with van der Waals surface area (Å²) in [4.78, 5) is 24.8. The molecule has 6 unspecified atom stereocenters. The molecule has 0 bridgehead atoms. The lowest BCUT2D eigenvalue weighted by atomic mass is 9.97. The van der Waals surface area contributed by atoms with E-state index in [1.165, 1.54) is 19.1 Å². The predicted molar refractivity (Wildman–Crippen MR) is 154 cm³/mol. The second-order valence-electron chi connectivity index (χ2n) is 11.6. The number of imidazole rings is 1. The van der Waals surface area contributed by atoms with E-state index in [1.807, 2.05) is 20.8 Å². The largest absolute Gasteiger partial charge is 0.476 e. The molecular weight excluding hydrogens is 605 g/mol. The van der Waals surface area contributed by atoms with Crippen LogP contribution in [0.5, 0.6) is 11.6 Å². The molecule has 6 atom stereocenters. The average molecular weight is 643 g/mol. The van der Waals surface area contributed by atoms with Crippen LogP contribution in [-0.4, -0.2) is 74.1 Å². The Bertz CT molecular complexity index is 1520. The van der Waals surface area contributed by atoms with Gasteiger partial charge in [-0.3, -0.25) is 13.9 Å². The van der Waals surface area contributed by atoms with Gasteiger partial charge in [-0.1, -0.05) is 39.0 Å². The minimum atomic E-state index is -4.60. The number of nitrogens with zero attached hydrogens (tertiary/aromatic N) is 4. The highest BCUT2D eigenvalue weighted by atomic mass is 31.2. The molecule has 242 valence electrons. The first-order chi connectivity index (χ1) is 20.5. The molecule has 14 nitrogen and oxygen atoms in total. The number of hydrogen-bond acceptors (Lipinski definition) is 12. The topological polar surface area (TPSA) is 182 Å². The number of nitrogens with one attached hydrogen (secondary N) is 1. The highest BCUT2D eigenvalue weighted by Gasteiger charge is 2.65. The minimum absolute atomic E-state index is 0.0166. The zero-order chi connectivity index (χ0) is 32.5. The van der Waals surface area contributed by atoms with Crippen LogP contribution in [0.4, 0.5) is 14.7 Å². The first-order valence-electron chi connectivity index (χ1n) is 13.8. The van der Waals surface area contributed by atoms with Gasteiger partial charge in [0, 0.05) is 0 Å². The second kappa shape index (κ2) is 12.5. The zero-order valence-corrected chi connectivity index (χ0v) is 26.1. The summed E-state index contributed by atoms with van der Waals surface area (Å²) < 4.78 is 74.3. The quantitative estimate of drug-likeness (QED) is 0.191. The van der Waals surface area contributed by atoms with Crippen molar-refractivity contribution in [2.24, 2.45) is 5.41 Å². The van der Waals surface area contributed by atoms with Crippen LogP contribution in [0.2, 0.25) is 0 Å². The number of hydrogen-bond donors (Lipinski definition) is 3. The minimum Gasteiger partial charge on any atom is -0.476 e. The summed E-state index contributed by atoms with van der Waals surface area (Å²) in [5, 5.41) is 13.2. The van der Waals surface area contributed by atoms with Gasteiger partial charge in [0.1, 0.15) is 18.4 Å². The summed E-state index contributed by atoms with van der Waals surface area (Å²) in [6, 6.07) is 6.52. The van der Waals surface area contributed by atoms with Crippen LogP contribution in [-0.2, 0) is 23.4 Å². The number of esters is 1. The third kappa shape index (κ3) is 7.26. The number of nitrogen functional groups attached to an aromatic ring is 1. The van der Waals surface area contributed by atoms with Crippen LogP contribution in [0, 0.1) is 5.41 Å². The van der Waals surface area contributed by atoms with Crippen molar-refractivity contribution < 1.29 is 46.5 Å². The molecule has 1 aliphatic rings. The number of ether oxygens (including phenoxy) is 3. The SMILES string of the molecule is CCOc1nc(N)nc2c1ncn2C1OC(F)(COP(=O)(NC(C)C(=O)OCC(C)(C)C)Oc2ccccc2)C(O)C1(C)F. The molecule has 4 N–H and O–H groups in total. The van der Waals surface area contributed by atoms with Gasteiger partial charge >= 0.3 is 13.7 Å². The Kier molecular flexibility index (Phi) is 9.52. The van der Waals surface area contributed by atoms with Gasteiger partial charge in [0.2, 0.25) is 11.8 Å². The number of aliphatic hydroxyl groups excluding tert-OH is 1. The van der Waals surface area contributed by atoms with Gasteiger partial charge in [0.15, 0.2) is 29.2 Å². The van der Waals surface area contributed by atoms with E-state index in [1.54, 1.807) is 25.1 Å². The van der Waals surface area contributed by atoms with Crippen LogP contribution < -0.4 is 20.1 Å².